The zero-order valence-electron chi connectivity index (χ0n) is 13.3. The van der Waals surface area contributed by atoms with Crippen LogP contribution in [0, 0.1) is 6.92 Å². The summed E-state index contributed by atoms with van der Waals surface area (Å²) in [7, 11) is 0. The lowest BCUT2D eigenvalue weighted by Crippen LogP contribution is -2.42. The van der Waals surface area contributed by atoms with Crippen molar-refractivity contribution < 1.29 is 9.21 Å². The second kappa shape index (κ2) is 5.85. The van der Waals surface area contributed by atoms with Gasteiger partial charge in [-0.1, -0.05) is 18.2 Å². The number of amides is 1. The number of fused-ring (bicyclic) bond motifs is 1. The Balaban J connectivity index is 1.75. The largest absolute Gasteiger partial charge is 0.462 e. The number of nitrogens with one attached hydrogen (secondary N) is 1. The van der Waals surface area contributed by atoms with Crippen LogP contribution in [0.3, 0.4) is 0 Å². The number of hydrogen-bond donors (Lipinski definition) is 1. The van der Waals surface area contributed by atoms with Crippen LogP contribution < -0.4 is 5.32 Å². The van der Waals surface area contributed by atoms with Crippen molar-refractivity contribution in [2.45, 2.75) is 19.6 Å². The molecule has 1 unspecified atom stereocenters. The maximum Gasteiger partial charge on any atom is 0.258 e. The molecule has 1 aliphatic rings. The molecule has 0 aliphatic carbocycles. The van der Waals surface area contributed by atoms with Crippen molar-refractivity contribution in [1.29, 1.82) is 0 Å². The van der Waals surface area contributed by atoms with Crippen LogP contribution in [-0.4, -0.2) is 15.8 Å². The van der Waals surface area contributed by atoms with Crippen LogP contribution in [0.2, 0.25) is 0 Å². The topological polar surface area (TPSA) is 58.4 Å². The van der Waals surface area contributed by atoms with Gasteiger partial charge in [0.15, 0.2) is 6.17 Å². The van der Waals surface area contributed by atoms with Gasteiger partial charge in [-0.15, -0.1) is 0 Å². The molecule has 5 nitrogen and oxygen atoms in total. The maximum absolute atomic E-state index is 13.0. The van der Waals surface area contributed by atoms with Crippen molar-refractivity contribution in [2.75, 3.05) is 5.32 Å². The standard InChI is InChI=1S/C19H17N3O2/c1-13-8-9-17(24-13)18-21-16-7-3-2-6-15(16)19(23)22(18)12-14-5-4-10-20-11-14/h2-11,18,21H,12H2,1H3. The lowest BCUT2D eigenvalue weighted by molar-refractivity contribution is 0.0644. The summed E-state index contributed by atoms with van der Waals surface area (Å²) in [6.45, 7) is 2.35. The summed E-state index contributed by atoms with van der Waals surface area (Å²) >= 11 is 0. The number of anilines is 1. The van der Waals surface area contributed by atoms with Gasteiger partial charge in [0, 0.05) is 24.6 Å². The van der Waals surface area contributed by atoms with E-state index in [4.69, 9.17) is 4.42 Å². The van der Waals surface area contributed by atoms with Crippen molar-refractivity contribution in [3.05, 3.63) is 83.6 Å². The van der Waals surface area contributed by atoms with Gasteiger partial charge in [-0.2, -0.15) is 0 Å². The third kappa shape index (κ3) is 2.54. The van der Waals surface area contributed by atoms with Crippen LogP contribution in [0.1, 0.15) is 33.6 Å². The second-order valence-corrected chi connectivity index (χ2v) is 5.84. The van der Waals surface area contributed by atoms with Crippen LogP contribution in [0.25, 0.3) is 0 Å². The van der Waals surface area contributed by atoms with Crippen molar-refractivity contribution in [2.24, 2.45) is 0 Å². The minimum atomic E-state index is -0.346. The Bertz CT molecular complexity index is 873. The lowest BCUT2D eigenvalue weighted by Gasteiger charge is -2.36. The van der Waals surface area contributed by atoms with Gasteiger partial charge in [0.1, 0.15) is 11.5 Å². The number of aromatic nitrogens is 1. The number of furan rings is 1. The van der Waals surface area contributed by atoms with Crippen molar-refractivity contribution in [3.8, 4) is 0 Å². The summed E-state index contributed by atoms with van der Waals surface area (Å²) in [5.74, 6) is 1.52. The molecular formula is C19H17N3O2. The fraction of sp³-hybridized carbons (Fsp3) is 0.158. The highest BCUT2D eigenvalue weighted by Crippen LogP contribution is 2.34. The smallest absolute Gasteiger partial charge is 0.258 e. The molecule has 1 atom stereocenters. The second-order valence-electron chi connectivity index (χ2n) is 5.84. The third-order valence-electron chi connectivity index (χ3n) is 4.13. The highest BCUT2D eigenvalue weighted by atomic mass is 16.3. The van der Waals surface area contributed by atoms with Gasteiger partial charge < -0.3 is 14.6 Å². The van der Waals surface area contributed by atoms with E-state index in [1.54, 1.807) is 17.3 Å². The number of pyridine rings is 1. The Kier molecular flexibility index (Phi) is 3.54. The molecule has 1 aliphatic heterocycles. The van der Waals surface area contributed by atoms with Gasteiger partial charge in [-0.05, 0) is 42.8 Å². The first-order valence-corrected chi connectivity index (χ1v) is 7.84. The van der Waals surface area contributed by atoms with E-state index in [-0.39, 0.29) is 12.1 Å². The molecule has 1 aromatic carbocycles. The summed E-state index contributed by atoms with van der Waals surface area (Å²) in [5, 5.41) is 3.42. The van der Waals surface area contributed by atoms with Crippen molar-refractivity contribution >= 4 is 11.6 Å². The molecule has 24 heavy (non-hydrogen) atoms. The van der Waals surface area contributed by atoms with Crippen LogP contribution in [0.5, 0.6) is 0 Å². The average molecular weight is 319 g/mol. The van der Waals surface area contributed by atoms with Crippen LogP contribution >= 0.6 is 0 Å². The van der Waals surface area contributed by atoms with E-state index in [9.17, 15) is 4.79 Å². The molecule has 0 saturated heterocycles. The number of para-hydroxylation sites is 1. The highest BCUT2D eigenvalue weighted by Gasteiger charge is 2.34. The molecule has 3 aromatic rings. The first-order chi connectivity index (χ1) is 11.7. The lowest BCUT2D eigenvalue weighted by atomic mass is 10.1. The minimum absolute atomic E-state index is 0.0211. The Morgan fingerprint density at radius 3 is 2.79 bits per heavy atom. The summed E-state index contributed by atoms with van der Waals surface area (Å²) in [6.07, 6.45) is 3.15. The summed E-state index contributed by atoms with van der Waals surface area (Å²) < 4.78 is 5.78. The summed E-state index contributed by atoms with van der Waals surface area (Å²) in [4.78, 5) is 19.0. The summed E-state index contributed by atoms with van der Waals surface area (Å²) in [6, 6.07) is 15.2. The molecule has 0 saturated carbocycles. The molecular weight excluding hydrogens is 302 g/mol. The van der Waals surface area contributed by atoms with E-state index in [0.29, 0.717) is 12.1 Å². The monoisotopic (exact) mass is 319 g/mol. The molecule has 0 radical (unpaired) electrons. The zero-order valence-corrected chi connectivity index (χ0v) is 13.3. The molecule has 120 valence electrons. The molecule has 3 heterocycles. The van der Waals surface area contributed by atoms with Crippen LogP contribution in [-0.2, 0) is 6.54 Å². The summed E-state index contributed by atoms with van der Waals surface area (Å²) in [5.41, 5.74) is 2.46. The number of aryl methyl sites for hydroxylation is 1. The van der Waals surface area contributed by atoms with Crippen LogP contribution in [0.4, 0.5) is 5.69 Å². The molecule has 2 aromatic heterocycles. The van der Waals surface area contributed by atoms with Crippen molar-refractivity contribution in [1.82, 2.24) is 9.88 Å². The zero-order chi connectivity index (χ0) is 16.5. The van der Waals surface area contributed by atoms with E-state index in [0.717, 1.165) is 22.8 Å². The SMILES string of the molecule is Cc1ccc(C2Nc3ccccc3C(=O)N2Cc2cccnc2)o1. The van der Waals surface area contributed by atoms with Crippen molar-refractivity contribution in [3.63, 3.8) is 0 Å². The third-order valence-corrected chi connectivity index (χ3v) is 4.13. The first-order valence-electron chi connectivity index (χ1n) is 7.84. The van der Waals surface area contributed by atoms with Gasteiger partial charge >= 0.3 is 0 Å². The molecule has 0 bridgehead atoms. The Labute approximate surface area is 139 Å². The number of rotatable bonds is 3. The molecule has 1 N–H and O–H groups in total. The molecule has 4 rings (SSSR count). The molecule has 1 amide bonds. The van der Waals surface area contributed by atoms with E-state index in [1.807, 2.05) is 55.5 Å². The average Bonchev–Trinajstić information content (AvgIpc) is 3.04. The van der Waals surface area contributed by atoms with Gasteiger partial charge in [-0.3, -0.25) is 9.78 Å². The van der Waals surface area contributed by atoms with E-state index >= 15 is 0 Å². The first kappa shape index (κ1) is 14.5. The Hall–Kier alpha value is -3.08. The van der Waals surface area contributed by atoms with E-state index in [1.165, 1.54) is 0 Å². The number of carbonyl (C=O) groups excluding carboxylic acids is 1. The quantitative estimate of drug-likeness (QED) is 0.799. The fourth-order valence-electron chi connectivity index (χ4n) is 2.97. The number of carbonyl (C=O) groups is 1. The van der Waals surface area contributed by atoms with Gasteiger partial charge in [0.25, 0.3) is 5.91 Å². The normalized spacial score (nSPS) is 16.6. The van der Waals surface area contributed by atoms with Gasteiger partial charge in [0.05, 0.1) is 5.56 Å². The maximum atomic E-state index is 13.0. The Morgan fingerprint density at radius 2 is 2.04 bits per heavy atom. The molecule has 0 fully saturated rings. The number of hydrogen-bond acceptors (Lipinski definition) is 4. The van der Waals surface area contributed by atoms with Crippen LogP contribution in [0.15, 0.2) is 65.3 Å². The predicted molar refractivity (Wildman–Crippen MR) is 90.4 cm³/mol. The molecule has 0 spiro atoms. The highest BCUT2D eigenvalue weighted by molar-refractivity contribution is 6.01. The minimum Gasteiger partial charge on any atom is -0.462 e. The van der Waals surface area contributed by atoms with E-state index < -0.39 is 0 Å². The number of nitrogens with zero attached hydrogens (tertiary/aromatic N) is 2. The van der Waals surface area contributed by atoms with E-state index in [2.05, 4.69) is 10.3 Å². The Morgan fingerprint density at radius 1 is 1.17 bits per heavy atom. The van der Waals surface area contributed by atoms with Gasteiger partial charge in [-0.25, -0.2) is 0 Å². The molecule has 5 heteroatoms. The fourth-order valence-corrected chi connectivity index (χ4v) is 2.97. The predicted octanol–water partition coefficient (Wildman–Crippen LogP) is 3.75. The van der Waals surface area contributed by atoms with Gasteiger partial charge in [0.2, 0.25) is 0 Å². The number of benzene rings is 1.